The van der Waals surface area contributed by atoms with Gasteiger partial charge in [-0.3, -0.25) is 14.8 Å². The van der Waals surface area contributed by atoms with Crippen molar-refractivity contribution < 1.29 is 4.42 Å². The molecule has 7 heteroatoms. The van der Waals surface area contributed by atoms with Crippen LogP contribution in [0, 0.1) is 6.92 Å². The number of nitrogens with two attached hydrogens (primary N) is 1. The zero-order chi connectivity index (χ0) is 44.2. The first kappa shape index (κ1) is 54.3. The first-order chi connectivity index (χ1) is 29.9. The zero-order valence-electron chi connectivity index (χ0n) is 40.8. The van der Waals surface area contributed by atoms with E-state index in [2.05, 4.69) is 115 Å². The van der Waals surface area contributed by atoms with Gasteiger partial charge in [0.15, 0.2) is 0 Å². The van der Waals surface area contributed by atoms with E-state index >= 15 is 0 Å². The fourth-order valence-corrected chi connectivity index (χ4v) is 8.15. The van der Waals surface area contributed by atoms with Crippen LogP contribution in [-0.4, -0.2) is 91.3 Å². The van der Waals surface area contributed by atoms with Gasteiger partial charge in [-0.1, -0.05) is 129 Å². The Labute approximate surface area is 376 Å². The van der Waals surface area contributed by atoms with E-state index in [1.807, 2.05) is 25.3 Å². The lowest BCUT2D eigenvalue weighted by molar-refractivity contribution is 0.233. The number of nitrogens with zero attached hydrogens (tertiary/aromatic N) is 5. The fraction of sp³-hybridized carbons (Fsp3) is 0.685. The third-order valence-corrected chi connectivity index (χ3v) is 11.6. The Kier molecular flexibility index (Phi) is 32.6. The molecule has 1 aromatic heterocycles. The van der Waals surface area contributed by atoms with Gasteiger partial charge in [0.25, 0.3) is 0 Å². The van der Waals surface area contributed by atoms with Crippen LogP contribution in [-0.2, 0) is 26.2 Å². The molecule has 0 fully saturated rings. The molecule has 0 aliphatic heterocycles. The van der Waals surface area contributed by atoms with Crippen LogP contribution in [0.1, 0.15) is 178 Å². The molecule has 0 aliphatic carbocycles. The number of hydrogen-bond acceptors (Lipinski definition) is 7. The number of unbranched alkanes of at least 4 members (excludes halogenated alkanes) is 8. The molecule has 0 radical (unpaired) electrons. The van der Waals surface area contributed by atoms with Crippen LogP contribution in [0.3, 0.4) is 0 Å². The molecular formula is C54H94N6O. The molecule has 0 saturated carbocycles. The van der Waals surface area contributed by atoms with Crippen LogP contribution in [0.5, 0.6) is 0 Å². The second kappa shape index (κ2) is 36.7. The summed E-state index contributed by atoms with van der Waals surface area (Å²) in [7, 11) is 0. The Bertz CT molecular complexity index is 1420. The van der Waals surface area contributed by atoms with Crippen molar-refractivity contribution in [2.75, 3.05) is 65.4 Å². The molecular weight excluding hydrogens is 749 g/mol. The second-order valence-corrected chi connectivity index (χ2v) is 17.5. The van der Waals surface area contributed by atoms with Crippen LogP contribution >= 0.6 is 0 Å². The average molecular weight is 843 g/mol. The van der Waals surface area contributed by atoms with E-state index in [0.717, 1.165) is 24.6 Å². The average Bonchev–Trinajstić information content (AvgIpc) is 3.69. The van der Waals surface area contributed by atoms with Crippen molar-refractivity contribution in [3.63, 3.8) is 0 Å². The standard InChI is InChI=1S/C30H49N3O.C24H45N3/c1-5-8-9-10-22-33(23-12-11-21-32(19-6-2)20-7-3)26-29-16-14-28(15-17-29)24-31-25-30-18-13-27(4)34-30;1-4-7-8-9-19-27(22-24-14-12-23(21-25)13-15-24)20-11-10-18-26(16-5-2)17-6-3/h13-18,25H,5-12,19-24,26H2,1-4H3;12-15H,4-11,16-22,25H2,1-3H3. The van der Waals surface area contributed by atoms with E-state index in [0.29, 0.717) is 13.1 Å². The largest absolute Gasteiger partial charge is 0.460 e. The van der Waals surface area contributed by atoms with Crippen molar-refractivity contribution in [1.29, 1.82) is 0 Å². The summed E-state index contributed by atoms with van der Waals surface area (Å²) in [6.07, 6.45) is 22.7. The van der Waals surface area contributed by atoms with Crippen LogP contribution in [0.4, 0.5) is 0 Å². The van der Waals surface area contributed by atoms with Crippen molar-refractivity contribution >= 4 is 6.21 Å². The monoisotopic (exact) mass is 843 g/mol. The minimum absolute atomic E-state index is 0.632. The molecule has 0 unspecified atom stereocenters. The molecule has 0 atom stereocenters. The molecule has 346 valence electrons. The van der Waals surface area contributed by atoms with Gasteiger partial charge in [-0.25, -0.2) is 0 Å². The highest BCUT2D eigenvalue weighted by molar-refractivity contribution is 5.75. The second-order valence-electron chi connectivity index (χ2n) is 17.5. The minimum atomic E-state index is 0.632. The minimum Gasteiger partial charge on any atom is -0.460 e. The van der Waals surface area contributed by atoms with Gasteiger partial charge in [0, 0.05) is 19.6 Å². The van der Waals surface area contributed by atoms with Gasteiger partial charge in [0.05, 0.1) is 12.8 Å². The third kappa shape index (κ3) is 27.1. The predicted molar refractivity (Wildman–Crippen MR) is 267 cm³/mol. The summed E-state index contributed by atoms with van der Waals surface area (Å²) in [5.74, 6) is 1.74. The Balaban J connectivity index is 0.000000432. The van der Waals surface area contributed by atoms with Crippen LogP contribution in [0.15, 0.2) is 70.1 Å². The summed E-state index contributed by atoms with van der Waals surface area (Å²) in [5.41, 5.74) is 11.0. The molecule has 2 N–H and O–H groups in total. The van der Waals surface area contributed by atoms with E-state index < -0.39 is 0 Å². The van der Waals surface area contributed by atoms with Crippen LogP contribution < -0.4 is 5.73 Å². The molecule has 1 heterocycles. The predicted octanol–water partition coefficient (Wildman–Crippen LogP) is 12.9. The van der Waals surface area contributed by atoms with Crippen molar-refractivity contribution in [1.82, 2.24) is 19.6 Å². The van der Waals surface area contributed by atoms with Gasteiger partial charge in [0.1, 0.15) is 11.5 Å². The summed E-state index contributed by atoms with van der Waals surface area (Å²) >= 11 is 0. The molecule has 0 amide bonds. The first-order valence-corrected chi connectivity index (χ1v) is 25.2. The maximum absolute atomic E-state index is 5.73. The normalized spacial score (nSPS) is 11.8. The SMILES string of the molecule is CCCCCCN(CCCCN(CCC)CCC)Cc1ccc(CN)cc1.CCCCCCN(CCCCN(CCC)CCC)Cc1ccc(CN=Cc2ccc(C)o2)cc1. The summed E-state index contributed by atoms with van der Waals surface area (Å²) in [6.45, 7) is 31.5. The quantitative estimate of drug-likeness (QED) is 0.0465. The summed E-state index contributed by atoms with van der Waals surface area (Å²) in [4.78, 5) is 15.1. The molecule has 0 aliphatic rings. The molecule has 2 aromatic carbocycles. The maximum atomic E-state index is 5.73. The van der Waals surface area contributed by atoms with Gasteiger partial charge in [-0.2, -0.15) is 0 Å². The fourth-order valence-electron chi connectivity index (χ4n) is 8.15. The highest BCUT2D eigenvalue weighted by Crippen LogP contribution is 2.14. The Morgan fingerprint density at radius 3 is 1.16 bits per heavy atom. The molecule has 3 aromatic rings. The number of rotatable bonds is 36. The van der Waals surface area contributed by atoms with E-state index in [1.165, 1.54) is 190 Å². The lowest BCUT2D eigenvalue weighted by Gasteiger charge is -2.24. The van der Waals surface area contributed by atoms with Gasteiger partial charge >= 0.3 is 0 Å². The Morgan fingerprint density at radius 1 is 0.426 bits per heavy atom. The zero-order valence-corrected chi connectivity index (χ0v) is 40.8. The number of furan rings is 1. The van der Waals surface area contributed by atoms with E-state index in [1.54, 1.807) is 0 Å². The van der Waals surface area contributed by atoms with E-state index in [4.69, 9.17) is 10.2 Å². The molecule has 0 bridgehead atoms. The summed E-state index contributed by atoms with van der Waals surface area (Å²) in [5, 5.41) is 0. The van der Waals surface area contributed by atoms with E-state index in [-0.39, 0.29) is 0 Å². The van der Waals surface area contributed by atoms with Gasteiger partial charge in [-0.15, -0.1) is 0 Å². The van der Waals surface area contributed by atoms with Gasteiger partial charge in [0.2, 0.25) is 0 Å². The molecule has 0 spiro atoms. The van der Waals surface area contributed by atoms with Crippen molar-refractivity contribution in [2.24, 2.45) is 10.7 Å². The molecule has 7 nitrogen and oxygen atoms in total. The molecule has 61 heavy (non-hydrogen) atoms. The number of aryl methyl sites for hydroxylation is 1. The summed E-state index contributed by atoms with van der Waals surface area (Å²) in [6, 6.07) is 21.8. The first-order valence-electron chi connectivity index (χ1n) is 25.2. The molecule has 0 saturated heterocycles. The number of aliphatic imine (C=N–C) groups is 1. The van der Waals surface area contributed by atoms with Crippen molar-refractivity contribution in [3.05, 3.63) is 94.4 Å². The van der Waals surface area contributed by atoms with E-state index in [9.17, 15) is 0 Å². The van der Waals surface area contributed by atoms with Crippen molar-refractivity contribution in [2.45, 2.75) is 177 Å². The van der Waals surface area contributed by atoms with Crippen LogP contribution in [0.25, 0.3) is 0 Å². The van der Waals surface area contributed by atoms with Crippen LogP contribution in [0.2, 0.25) is 0 Å². The summed E-state index contributed by atoms with van der Waals surface area (Å²) < 4.78 is 5.55. The lowest BCUT2D eigenvalue weighted by atomic mass is 10.1. The number of benzene rings is 2. The smallest absolute Gasteiger partial charge is 0.144 e. The lowest BCUT2D eigenvalue weighted by Crippen LogP contribution is -2.29. The Hall–Kier alpha value is -2.81. The van der Waals surface area contributed by atoms with Gasteiger partial charge < -0.3 is 20.0 Å². The van der Waals surface area contributed by atoms with Gasteiger partial charge in [-0.05, 0) is 171 Å². The maximum Gasteiger partial charge on any atom is 0.144 e. The van der Waals surface area contributed by atoms with Crippen molar-refractivity contribution in [3.8, 4) is 0 Å². The Morgan fingerprint density at radius 2 is 0.803 bits per heavy atom. The molecule has 3 rings (SSSR count). The topological polar surface area (TPSA) is 64.5 Å². The third-order valence-electron chi connectivity index (χ3n) is 11.6. The highest BCUT2D eigenvalue weighted by atomic mass is 16.3. The number of hydrogen-bond donors (Lipinski definition) is 1. The highest BCUT2D eigenvalue weighted by Gasteiger charge is 2.10.